The van der Waals surface area contributed by atoms with Gasteiger partial charge in [0.05, 0.1) is 31.5 Å². The van der Waals surface area contributed by atoms with Crippen LogP contribution in [0.5, 0.6) is 0 Å². The highest BCUT2D eigenvalue weighted by atomic mass is 16.7. The van der Waals surface area contributed by atoms with Crippen molar-refractivity contribution in [1.82, 2.24) is 10.2 Å². The highest BCUT2D eigenvalue weighted by molar-refractivity contribution is 5.76. The third kappa shape index (κ3) is 4.88. The molecule has 252 valence electrons. The van der Waals surface area contributed by atoms with Crippen LogP contribution >= 0.6 is 0 Å². The molecule has 6 saturated carbocycles. The van der Waals surface area contributed by atoms with Crippen molar-refractivity contribution in [1.29, 1.82) is 0 Å². The predicted molar refractivity (Wildman–Crippen MR) is 169 cm³/mol. The van der Waals surface area contributed by atoms with E-state index in [0.717, 1.165) is 24.7 Å². The Morgan fingerprint density at radius 3 is 2.56 bits per heavy atom. The van der Waals surface area contributed by atoms with Crippen molar-refractivity contribution in [2.24, 2.45) is 51.2 Å². The Morgan fingerprint density at radius 2 is 1.78 bits per heavy atom. The lowest BCUT2D eigenvalue weighted by atomic mass is 9.46. The Hall–Kier alpha value is -1.22. The molecule has 6 aliphatic carbocycles. The summed E-state index contributed by atoms with van der Waals surface area (Å²) in [7, 11) is 0. The number of fused-ring (bicyclic) bond motifs is 4. The predicted octanol–water partition coefficient (Wildman–Crippen LogP) is 5.63. The molecule has 2 saturated heterocycles. The topological polar surface area (TPSA) is 97.3 Å². The van der Waals surface area contributed by atoms with E-state index in [-0.39, 0.29) is 29.8 Å². The molecule has 2 aliphatic heterocycles. The van der Waals surface area contributed by atoms with E-state index < -0.39 is 12.0 Å². The highest BCUT2D eigenvalue weighted by Crippen LogP contribution is 2.87. The second kappa shape index (κ2) is 10.9. The largest absolute Gasteiger partial charge is 0.480 e. The number of carboxylic acid groups (broad SMARTS) is 1. The summed E-state index contributed by atoms with van der Waals surface area (Å²) in [5.41, 5.74) is 1.44. The standard InChI is InChI=1S/C37H58N2O6/c1-22(33(41)42)38-19-24-7-8-26-28(44-24)18-27-25-9-10-29-34(2,3)30(11-12-37(29)21-36(25,37)14-13-35(26,27)4)45-32-20-39(15-16-43-32)31(40)17-23-5-6-23/h22-30,32,38H,5-21H2,1-4H3,(H,41,42). The number of nitrogens with zero attached hydrogens (tertiary/aromatic N) is 1. The second-order valence-electron chi connectivity index (χ2n) is 17.8. The van der Waals surface area contributed by atoms with E-state index in [1.165, 1.54) is 64.2 Å². The molecular weight excluding hydrogens is 568 g/mol. The van der Waals surface area contributed by atoms with Gasteiger partial charge in [-0.05, 0) is 135 Å². The van der Waals surface area contributed by atoms with Gasteiger partial charge in [0.2, 0.25) is 5.91 Å². The van der Waals surface area contributed by atoms with E-state index in [2.05, 4.69) is 26.1 Å². The highest BCUT2D eigenvalue weighted by Gasteiger charge is 2.80. The van der Waals surface area contributed by atoms with Gasteiger partial charge in [0.1, 0.15) is 6.04 Å². The number of ether oxygens (including phenoxy) is 3. The van der Waals surface area contributed by atoms with Crippen molar-refractivity contribution >= 4 is 11.9 Å². The molecule has 12 unspecified atom stereocenters. The number of morpholine rings is 1. The summed E-state index contributed by atoms with van der Waals surface area (Å²) in [5, 5.41) is 12.5. The zero-order valence-corrected chi connectivity index (χ0v) is 28.2. The molecule has 0 aromatic heterocycles. The Balaban J connectivity index is 0.927. The van der Waals surface area contributed by atoms with E-state index in [4.69, 9.17) is 14.2 Å². The van der Waals surface area contributed by atoms with Crippen molar-refractivity contribution in [3.05, 3.63) is 0 Å². The van der Waals surface area contributed by atoms with Gasteiger partial charge in [-0.2, -0.15) is 0 Å². The molecule has 2 heterocycles. The minimum Gasteiger partial charge on any atom is -0.480 e. The summed E-state index contributed by atoms with van der Waals surface area (Å²) in [4.78, 5) is 26.2. The van der Waals surface area contributed by atoms with Crippen molar-refractivity contribution in [3.63, 3.8) is 0 Å². The zero-order chi connectivity index (χ0) is 31.4. The summed E-state index contributed by atoms with van der Waals surface area (Å²) in [6, 6.07) is -0.535. The van der Waals surface area contributed by atoms with E-state index in [9.17, 15) is 14.7 Å². The van der Waals surface area contributed by atoms with Crippen LogP contribution in [0.3, 0.4) is 0 Å². The Bertz CT molecular complexity index is 1190. The summed E-state index contributed by atoms with van der Waals surface area (Å²) >= 11 is 0. The molecular formula is C37H58N2O6. The maximum Gasteiger partial charge on any atom is 0.320 e. The van der Waals surface area contributed by atoms with Gasteiger partial charge < -0.3 is 29.5 Å². The Labute approximate surface area is 270 Å². The molecule has 8 nitrogen and oxygen atoms in total. The normalized spacial score (nSPS) is 48.7. The van der Waals surface area contributed by atoms with Crippen LogP contribution in [0.4, 0.5) is 0 Å². The van der Waals surface area contributed by atoms with E-state index in [1.54, 1.807) is 6.92 Å². The van der Waals surface area contributed by atoms with Gasteiger partial charge in [-0.1, -0.05) is 20.8 Å². The third-order valence-corrected chi connectivity index (χ3v) is 15.5. The summed E-state index contributed by atoms with van der Waals surface area (Å²) < 4.78 is 19.7. The number of carbonyl (C=O) groups is 2. The van der Waals surface area contributed by atoms with Crippen molar-refractivity contribution in [2.45, 2.75) is 142 Å². The number of amides is 1. The van der Waals surface area contributed by atoms with Crippen LogP contribution in [-0.4, -0.2) is 78.8 Å². The molecule has 8 aliphatic rings. The Morgan fingerprint density at radius 1 is 0.978 bits per heavy atom. The molecule has 2 spiro atoms. The molecule has 8 heteroatoms. The molecule has 8 fully saturated rings. The maximum absolute atomic E-state index is 12.8. The molecule has 45 heavy (non-hydrogen) atoms. The fraction of sp³-hybridized carbons (Fsp3) is 0.946. The monoisotopic (exact) mass is 626 g/mol. The second-order valence-corrected chi connectivity index (χ2v) is 17.8. The first-order valence-corrected chi connectivity index (χ1v) is 18.6. The van der Waals surface area contributed by atoms with Gasteiger partial charge in [-0.25, -0.2) is 0 Å². The summed E-state index contributed by atoms with van der Waals surface area (Å²) in [6.45, 7) is 11.8. The molecule has 0 aromatic rings. The number of nitrogens with one attached hydrogen (secondary N) is 1. The third-order valence-electron chi connectivity index (χ3n) is 15.5. The van der Waals surface area contributed by atoms with Crippen LogP contribution in [0.1, 0.15) is 111 Å². The zero-order valence-electron chi connectivity index (χ0n) is 28.2. The van der Waals surface area contributed by atoms with Crippen molar-refractivity contribution < 1.29 is 28.9 Å². The van der Waals surface area contributed by atoms with Gasteiger partial charge in [0.25, 0.3) is 0 Å². The van der Waals surface area contributed by atoms with E-state index in [1.807, 2.05) is 4.90 Å². The van der Waals surface area contributed by atoms with Crippen LogP contribution in [0, 0.1) is 51.2 Å². The van der Waals surface area contributed by atoms with Gasteiger partial charge in [0.15, 0.2) is 6.29 Å². The summed E-state index contributed by atoms with van der Waals surface area (Å²) in [5.74, 6) is 3.00. The lowest BCUT2D eigenvalue weighted by Gasteiger charge is -2.60. The Kier molecular flexibility index (Phi) is 7.52. The number of hydrogen-bond donors (Lipinski definition) is 2. The number of rotatable bonds is 8. The minimum atomic E-state index is -0.796. The van der Waals surface area contributed by atoms with Gasteiger partial charge in [-0.15, -0.1) is 0 Å². The minimum absolute atomic E-state index is 0.0945. The molecule has 8 rings (SSSR count). The van der Waals surface area contributed by atoms with Gasteiger partial charge in [-0.3, -0.25) is 9.59 Å². The molecule has 1 amide bonds. The quantitative estimate of drug-likeness (QED) is 0.361. The molecule has 2 N–H and O–H groups in total. The van der Waals surface area contributed by atoms with Crippen molar-refractivity contribution in [3.8, 4) is 0 Å². The fourth-order valence-corrected chi connectivity index (χ4v) is 12.9. The van der Waals surface area contributed by atoms with Gasteiger partial charge >= 0.3 is 5.97 Å². The van der Waals surface area contributed by atoms with E-state index in [0.29, 0.717) is 72.8 Å². The average Bonchev–Trinajstić information content (AvgIpc) is 3.92. The van der Waals surface area contributed by atoms with Crippen LogP contribution in [0.15, 0.2) is 0 Å². The van der Waals surface area contributed by atoms with Crippen LogP contribution in [0.25, 0.3) is 0 Å². The van der Waals surface area contributed by atoms with Crippen molar-refractivity contribution in [2.75, 3.05) is 26.2 Å². The SMILES string of the molecule is CC(NCC1CCC2C(CC3C4CCC5C(C)(C)C(OC6CN(C(=O)CC7CC7)CCO6)CCC56CC46CCC23C)O1)C(=O)O. The first-order chi connectivity index (χ1) is 21.5. The van der Waals surface area contributed by atoms with Crippen LogP contribution in [0.2, 0.25) is 0 Å². The number of carbonyl (C=O) groups excluding carboxylic acids is 1. The number of hydrogen-bond acceptors (Lipinski definition) is 6. The van der Waals surface area contributed by atoms with Gasteiger partial charge in [0, 0.05) is 19.5 Å². The van der Waals surface area contributed by atoms with Crippen LogP contribution < -0.4 is 5.32 Å². The first-order valence-electron chi connectivity index (χ1n) is 18.6. The smallest absolute Gasteiger partial charge is 0.320 e. The lowest BCUT2D eigenvalue weighted by Crippen LogP contribution is -2.56. The molecule has 0 radical (unpaired) electrons. The fourth-order valence-electron chi connectivity index (χ4n) is 12.9. The average molecular weight is 627 g/mol. The molecule has 0 aromatic carbocycles. The lowest BCUT2D eigenvalue weighted by molar-refractivity contribution is -0.244. The number of aliphatic carboxylic acids is 1. The summed E-state index contributed by atoms with van der Waals surface area (Å²) in [6.07, 6.45) is 16.1. The molecule has 12 atom stereocenters. The first kappa shape index (κ1) is 31.1. The van der Waals surface area contributed by atoms with Crippen LogP contribution in [-0.2, 0) is 23.8 Å². The maximum atomic E-state index is 12.8. The molecule has 0 bridgehead atoms. The van der Waals surface area contributed by atoms with E-state index >= 15 is 0 Å². The number of carboxylic acids is 1.